The molecule has 1 aliphatic heterocycles. The van der Waals surface area contributed by atoms with Crippen LogP contribution in [-0.4, -0.2) is 51.9 Å². The number of ether oxygens (including phenoxy) is 1. The Morgan fingerprint density at radius 2 is 1.72 bits per heavy atom. The van der Waals surface area contributed by atoms with Crippen molar-refractivity contribution in [2.45, 2.75) is 31.1 Å². The summed E-state index contributed by atoms with van der Waals surface area (Å²) in [7, 11) is -1.93. The number of hydrogen-bond donors (Lipinski definition) is 2. The molecule has 2 N–H and O–H groups in total. The number of para-hydroxylation sites is 1. The van der Waals surface area contributed by atoms with Gasteiger partial charge in [0.25, 0.3) is 16.1 Å². The molecule has 1 aliphatic carbocycles. The Bertz CT molecular complexity index is 1030. The predicted octanol–water partition coefficient (Wildman–Crippen LogP) is 2.70. The molecule has 2 aromatic carbocycles. The lowest BCUT2D eigenvalue weighted by atomic mass is 9.73. The van der Waals surface area contributed by atoms with E-state index in [1.54, 1.807) is 23.5 Å². The van der Waals surface area contributed by atoms with Gasteiger partial charge in [-0.1, -0.05) is 42.5 Å². The topological polar surface area (TPSA) is 87.7 Å². The number of piperidine rings is 1. The highest BCUT2D eigenvalue weighted by Gasteiger charge is 2.40. The van der Waals surface area contributed by atoms with E-state index in [0.717, 1.165) is 18.4 Å². The smallest absolute Gasteiger partial charge is 0.279 e. The number of carbonyl (C=O) groups is 1. The third kappa shape index (κ3) is 5.14. The highest BCUT2D eigenvalue weighted by atomic mass is 32.2. The lowest BCUT2D eigenvalue weighted by molar-refractivity contribution is 0.0929. The molecule has 1 saturated heterocycles. The average molecular weight is 458 g/mol. The lowest BCUT2D eigenvalue weighted by Gasteiger charge is -2.42. The molecule has 0 radical (unpaired) electrons. The molecule has 4 rings (SSSR count). The zero-order chi connectivity index (χ0) is 22.6. The van der Waals surface area contributed by atoms with Crippen molar-refractivity contribution < 1.29 is 17.9 Å². The van der Waals surface area contributed by atoms with E-state index in [1.165, 1.54) is 0 Å². The van der Waals surface area contributed by atoms with Gasteiger partial charge in [-0.2, -0.15) is 12.7 Å². The first-order valence-electron chi connectivity index (χ1n) is 11.1. The quantitative estimate of drug-likeness (QED) is 0.606. The van der Waals surface area contributed by atoms with E-state index >= 15 is 0 Å². The molecule has 1 heterocycles. The Morgan fingerprint density at radius 3 is 2.38 bits per heavy atom. The minimum absolute atomic E-state index is 0.195. The fraction of sp³-hybridized carbons (Fsp3) is 0.458. The van der Waals surface area contributed by atoms with Crippen molar-refractivity contribution in [3.8, 4) is 5.75 Å². The Kier molecular flexibility index (Phi) is 6.83. The summed E-state index contributed by atoms with van der Waals surface area (Å²) in [6.45, 7) is 1.79. The summed E-state index contributed by atoms with van der Waals surface area (Å²) in [5.74, 6) is 0.823. The summed E-state index contributed by atoms with van der Waals surface area (Å²) < 4.78 is 35.1. The van der Waals surface area contributed by atoms with Crippen LogP contribution >= 0.6 is 0 Å². The molecule has 0 spiro atoms. The summed E-state index contributed by atoms with van der Waals surface area (Å²) in [5, 5.41) is 3.08. The molecule has 2 aliphatic rings. The molecule has 172 valence electrons. The van der Waals surface area contributed by atoms with E-state index < -0.39 is 10.2 Å². The van der Waals surface area contributed by atoms with Gasteiger partial charge in [0, 0.05) is 31.6 Å². The van der Waals surface area contributed by atoms with Gasteiger partial charge in [-0.15, -0.1) is 0 Å². The van der Waals surface area contributed by atoms with Gasteiger partial charge in [0.05, 0.1) is 12.7 Å². The maximum absolute atomic E-state index is 12.9. The fourth-order valence-corrected chi connectivity index (χ4v) is 5.62. The third-order valence-electron chi connectivity index (χ3n) is 6.60. The fourth-order valence-electron chi connectivity index (χ4n) is 4.33. The predicted molar refractivity (Wildman–Crippen MR) is 124 cm³/mol. The van der Waals surface area contributed by atoms with Crippen molar-refractivity contribution in [2.75, 3.05) is 33.3 Å². The maximum Gasteiger partial charge on any atom is 0.279 e. The largest absolute Gasteiger partial charge is 0.496 e. The van der Waals surface area contributed by atoms with Crippen molar-refractivity contribution in [3.05, 3.63) is 65.7 Å². The number of benzene rings is 2. The second-order valence-corrected chi connectivity index (χ2v) is 10.5. The van der Waals surface area contributed by atoms with Crippen LogP contribution < -0.4 is 14.8 Å². The molecule has 8 heteroatoms. The van der Waals surface area contributed by atoms with Gasteiger partial charge in [0.2, 0.25) is 0 Å². The summed E-state index contributed by atoms with van der Waals surface area (Å²) in [6, 6.07) is 17.2. The van der Waals surface area contributed by atoms with Gasteiger partial charge >= 0.3 is 0 Å². The van der Waals surface area contributed by atoms with Crippen LogP contribution in [-0.2, 0) is 15.6 Å². The van der Waals surface area contributed by atoms with Gasteiger partial charge in [0.1, 0.15) is 5.75 Å². The molecular formula is C24H31N3O4S. The van der Waals surface area contributed by atoms with Crippen molar-refractivity contribution in [1.82, 2.24) is 14.3 Å². The van der Waals surface area contributed by atoms with Gasteiger partial charge in [-0.25, -0.2) is 4.72 Å². The Balaban J connectivity index is 1.47. The molecule has 2 fully saturated rings. The lowest BCUT2D eigenvalue weighted by Crippen LogP contribution is -2.52. The monoisotopic (exact) mass is 457 g/mol. The van der Waals surface area contributed by atoms with E-state index in [2.05, 4.69) is 22.2 Å². The van der Waals surface area contributed by atoms with E-state index in [-0.39, 0.29) is 11.3 Å². The minimum Gasteiger partial charge on any atom is -0.496 e. The van der Waals surface area contributed by atoms with Gasteiger partial charge in [-0.05, 0) is 49.3 Å². The number of hydrogen-bond acceptors (Lipinski definition) is 4. The van der Waals surface area contributed by atoms with Gasteiger partial charge < -0.3 is 10.1 Å². The average Bonchev–Trinajstić information content (AvgIpc) is 3.67. The molecule has 0 bridgehead atoms. The normalized spacial score (nSPS) is 18.8. The van der Waals surface area contributed by atoms with Crippen molar-refractivity contribution in [1.29, 1.82) is 0 Å². The zero-order valence-electron chi connectivity index (χ0n) is 18.4. The molecule has 7 nitrogen and oxygen atoms in total. The molecule has 32 heavy (non-hydrogen) atoms. The van der Waals surface area contributed by atoms with E-state index in [9.17, 15) is 13.2 Å². The summed E-state index contributed by atoms with van der Waals surface area (Å²) in [6.07, 6.45) is 3.47. The van der Waals surface area contributed by atoms with Crippen LogP contribution in [0.4, 0.5) is 0 Å². The molecule has 1 amide bonds. The molecule has 0 aromatic heterocycles. The second kappa shape index (κ2) is 9.60. The van der Waals surface area contributed by atoms with Crippen LogP contribution in [0.2, 0.25) is 0 Å². The molecule has 1 saturated carbocycles. The molecule has 0 unspecified atom stereocenters. The van der Waals surface area contributed by atoms with E-state index in [1.807, 2.05) is 30.3 Å². The number of nitrogens with one attached hydrogen (secondary N) is 2. The second-order valence-electron chi connectivity index (χ2n) is 8.73. The first-order chi connectivity index (χ1) is 15.4. The number of methoxy groups -OCH3 is 1. The van der Waals surface area contributed by atoms with Crippen LogP contribution in [0.15, 0.2) is 54.6 Å². The van der Waals surface area contributed by atoms with E-state index in [4.69, 9.17) is 4.74 Å². The van der Waals surface area contributed by atoms with Crippen LogP contribution in [0.3, 0.4) is 0 Å². The van der Waals surface area contributed by atoms with Crippen LogP contribution in [0.1, 0.15) is 41.6 Å². The maximum atomic E-state index is 12.9. The standard InChI is InChI=1S/C24H31N3O4S/c1-31-22-10-6-5-9-21(22)23(28)25-18-24(20-7-3-2-4-8-20)13-15-27(16-14-24)32(29,30)26-17-19-11-12-19/h2-10,19,26H,11-18H2,1H3,(H,25,28). The van der Waals surface area contributed by atoms with Crippen molar-refractivity contribution >= 4 is 16.1 Å². The number of carbonyl (C=O) groups excluding carboxylic acids is 1. The van der Waals surface area contributed by atoms with Gasteiger partial charge in [0.15, 0.2) is 0 Å². The van der Waals surface area contributed by atoms with E-state index in [0.29, 0.717) is 56.3 Å². The molecule has 0 atom stereocenters. The Hall–Kier alpha value is -2.42. The van der Waals surface area contributed by atoms with Crippen LogP contribution in [0.25, 0.3) is 0 Å². The molecule has 2 aromatic rings. The Labute approximate surface area is 190 Å². The van der Waals surface area contributed by atoms with Crippen LogP contribution in [0.5, 0.6) is 5.75 Å². The SMILES string of the molecule is COc1ccccc1C(=O)NCC1(c2ccccc2)CCN(S(=O)(=O)NCC2CC2)CC1. The van der Waals surface area contributed by atoms with Gasteiger partial charge in [-0.3, -0.25) is 4.79 Å². The Morgan fingerprint density at radius 1 is 1.06 bits per heavy atom. The summed E-state index contributed by atoms with van der Waals surface area (Å²) in [4.78, 5) is 12.9. The summed E-state index contributed by atoms with van der Waals surface area (Å²) in [5.41, 5.74) is 1.27. The van der Waals surface area contributed by atoms with Crippen molar-refractivity contribution in [3.63, 3.8) is 0 Å². The highest BCUT2D eigenvalue weighted by molar-refractivity contribution is 7.87. The highest BCUT2D eigenvalue weighted by Crippen LogP contribution is 2.36. The summed E-state index contributed by atoms with van der Waals surface area (Å²) >= 11 is 0. The number of amides is 1. The van der Waals surface area contributed by atoms with Crippen LogP contribution in [0, 0.1) is 5.92 Å². The zero-order valence-corrected chi connectivity index (χ0v) is 19.2. The minimum atomic E-state index is -3.47. The third-order valence-corrected chi connectivity index (χ3v) is 8.17. The first kappa shape index (κ1) is 22.8. The number of rotatable bonds is 9. The number of nitrogens with zero attached hydrogens (tertiary/aromatic N) is 1. The molecular weight excluding hydrogens is 426 g/mol. The first-order valence-corrected chi connectivity index (χ1v) is 12.6. The van der Waals surface area contributed by atoms with Crippen molar-refractivity contribution in [2.24, 2.45) is 5.92 Å².